The summed E-state index contributed by atoms with van der Waals surface area (Å²) in [7, 11) is 1.49. The highest BCUT2D eigenvalue weighted by molar-refractivity contribution is 9.10. The number of hydrogen-bond acceptors (Lipinski definition) is 4. The van der Waals surface area contributed by atoms with Gasteiger partial charge in [-0.25, -0.2) is 14.1 Å². The summed E-state index contributed by atoms with van der Waals surface area (Å²) in [6, 6.07) is 15.1. The van der Waals surface area contributed by atoms with Gasteiger partial charge in [-0.2, -0.15) is 0 Å². The zero-order chi connectivity index (χ0) is 24.4. The van der Waals surface area contributed by atoms with Gasteiger partial charge < -0.3 is 4.74 Å². The average molecular weight is 544 g/mol. The number of barbiturate groups is 1. The van der Waals surface area contributed by atoms with E-state index in [2.05, 4.69) is 21.2 Å². The highest BCUT2D eigenvalue weighted by Gasteiger charge is 2.37. The summed E-state index contributed by atoms with van der Waals surface area (Å²) in [6.45, 7) is 0. The monoisotopic (exact) mass is 542 g/mol. The Balaban J connectivity index is 1.72. The number of imide groups is 2. The van der Waals surface area contributed by atoms with E-state index < -0.39 is 17.8 Å². The maximum absolute atomic E-state index is 13.6. The largest absolute Gasteiger partial charge is 0.496 e. The summed E-state index contributed by atoms with van der Waals surface area (Å²) in [5, 5.41) is 2.36. The first kappa shape index (κ1) is 23.7. The molecule has 3 aromatic carbocycles. The van der Waals surface area contributed by atoms with E-state index in [0.717, 1.165) is 16.0 Å². The summed E-state index contributed by atoms with van der Waals surface area (Å²) in [6.07, 6.45) is 1.76. The van der Waals surface area contributed by atoms with Gasteiger partial charge in [0.15, 0.2) is 0 Å². The van der Waals surface area contributed by atoms with Crippen molar-refractivity contribution in [1.82, 2.24) is 5.32 Å². The van der Waals surface area contributed by atoms with Crippen LogP contribution in [0.3, 0.4) is 0 Å². The summed E-state index contributed by atoms with van der Waals surface area (Å²) < 4.78 is 19.8. The molecule has 1 aliphatic rings. The Kier molecular flexibility index (Phi) is 6.81. The number of nitrogens with zero attached hydrogens (tertiary/aromatic N) is 1. The smallest absolute Gasteiger partial charge is 0.335 e. The Morgan fingerprint density at radius 2 is 1.85 bits per heavy atom. The molecule has 1 aliphatic heterocycles. The van der Waals surface area contributed by atoms with Crippen LogP contribution in [0.1, 0.15) is 16.7 Å². The van der Waals surface area contributed by atoms with Crippen LogP contribution < -0.4 is 15.0 Å². The van der Waals surface area contributed by atoms with Gasteiger partial charge in [0, 0.05) is 16.5 Å². The zero-order valence-corrected chi connectivity index (χ0v) is 20.1. The van der Waals surface area contributed by atoms with Gasteiger partial charge in [-0.3, -0.25) is 14.9 Å². The summed E-state index contributed by atoms with van der Waals surface area (Å²) in [5.74, 6) is -1.49. The molecule has 0 spiro atoms. The quantitative estimate of drug-likeness (QED) is 0.340. The normalized spacial score (nSPS) is 15.0. The first-order valence-corrected chi connectivity index (χ1v) is 11.2. The van der Waals surface area contributed by atoms with Crippen molar-refractivity contribution < 1.29 is 23.5 Å². The van der Waals surface area contributed by atoms with Crippen LogP contribution >= 0.6 is 27.5 Å². The second kappa shape index (κ2) is 9.79. The Labute approximate surface area is 208 Å². The molecular formula is C25H17BrClFN2O4. The Morgan fingerprint density at radius 3 is 2.56 bits per heavy atom. The van der Waals surface area contributed by atoms with E-state index >= 15 is 0 Å². The third-order valence-electron chi connectivity index (χ3n) is 5.17. The van der Waals surface area contributed by atoms with Crippen molar-refractivity contribution in [3.8, 4) is 5.75 Å². The van der Waals surface area contributed by atoms with Gasteiger partial charge in [0.05, 0.1) is 17.8 Å². The van der Waals surface area contributed by atoms with Crippen molar-refractivity contribution >= 4 is 57.1 Å². The number of methoxy groups -OCH3 is 1. The number of halogens is 3. The number of anilines is 1. The van der Waals surface area contributed by atoms with E-state index in [4.69, 9.17) is 16.3 Å². The molecule has 0 radical (unpaired) electrons. The van der Waals surface area contributed by atoms with Gasteiger partial charge in [0.1, 0.15) is 17.1 Å². The SMILES string of the molecule is COc1cc(/C=C2\C(=O)NC(=O)N(c3ccccc3Cl)C2=O)cc(Br)c1Cc1cccc(F)c1. The molecule has 0 aliphatic carbocycles. The fraction of sp³-hybridized carbons (Fsp3) is 0.0800. The second-order valence-corrected chi connectivity index (χ2v) is 8.66. The molecule has 0 saturated carbocycles. The van der Waals surface area contributed by atoms with Crippen LogP contribution in [0, 0.1) is 5.82 Å². The van der Waals surface area contributed by atoms with Gasteiger partial charge in [0.25, 0.3) is 11.8 Å². The number of rotatable bonds is 5. The summed E-state index contributed by atoms with van der Waals surface area (Å²) in [5.41, 5.74) is 1.92. The van der Waals surface area contributed by atoms with Gasteiger partial charge in [-0.05, 0) is 53.6 Å². The van der Waals surface area contributed by atoms with Gasteiger partial charge in [-0.15, -0.1) is 0 Å². The van der Waals surface area contributed by atoms with Crippen LogP contribution in [0.5, 0.6) is 5.75 Å². The first-order valence-electron chi connectivity index (χ1n) is 10.1. The van der Waals surface area contributed by atoms with E-state index in [0.29, 0.717) is 22.2 Å². The zero-order valence-electron chi connectivity index (χ0n) is 17.8. The molecule has 4 amide bonds. The van der Waals surface area contributed by atoms with Crippen molar-refractivity contribution in [2.75, 3.05) is 12.0 Å². The molecule has 1 heterocycles. The minimum Gasteiger partial charge on any atom is -0.496 e. The molecule has 4 rings (SSSR count). The topological polar surface area (TPSA) is 75.7 Å². The number of urea groups is 1. The second-order valence-electron chi connectivity index (χ2n) is 7.40. The fourth-order valence-electron chi connectivity index (χ4n) is 3.60. The molecule has 34 heavy (non-hydrogen) atoms. The van der Waals surface area contributed by atoms with Crippen molar-refractivity contribution in [3.63, 3.8) is 0 Å². The van der Waals surface area contributed by atoms with Crippen molar-refractivity contribution in [3.05, 3.63) is 98.2 Å². The van der Waals surface area contributed by atoms with Crippen LogP contribution in [0.2, 0.25) is 5.02 Å². The highest BCUT2D eigenvalue weighted by Crippen LogP contribution is 2.33. The van der Waals surface area contributed by atoms with Gasteiger partial charge in [0.2, 0.25) is 0 Å². The molecule has 3 aromatic rings. The van der Waals surface area contributed by atoms with E-state index in [-0.39, 0.29) is 22.1 Å². The first-order chi connectivity index (χ1) is 16.3. The van der Waals surface area contributed by atoms with Crippen LogP contribution in [-0.4, -0.2) is 25.0 Å². The highest BCUT2D eigenvalue weighted by atomic mass is 79.9. The summed E-state index contributed by atoms with van der Waals surface area (Å²) >= 11 is 9.67. The standard InChI is InChI=1S/C25H17BrClFN2O4/c1-34-22-13-15(12-19(26)17(22)10-14-5-4-6-16(28)9-14)11-18-23(31)29-25(33)30(24(18)32)21-8-3-2-7-20(21)27/h2-9,11-13H,10H2,1H3,(H,29,31,33)/b18-11+. The minimum absolute atomic E-state index is 0.161. The van der Waals surface area contributed by atoms with Gasteiger partial charge >= 0.3 is 6.03 Å². The number of para-hydroxylation sites is 1. The molecule has 0 atom stereocenters. The molecular weight excluding hydrogens is 527 g/mol. The van der Waals surface area contributed by atoms with E-state index in [1.807, 2.05) is 0 Å². The van der Waals surface area contributed by atoms with Crippen LogP contribution in [0.15, 0.2) is 70.7 Å². The predicted molar refractivity (Wildman–Crippen MR) is 130 cm³/mol. The lowest BCUT2D eigenvalue weighted by molar-refractivity contribution is -0.122. The Morgan fingerprint density at radius 1 is 1.09 bits per heavy atom. The lowest BCUT2D eigenvalue weighted by atomic mass is 10.0. The number of hydrogen-bond donors (Lipinski definition) is 1. The molecule has 0 aromatic heterocycles. The maximum atomic E-state index is 13.6. The third kappa shape index (κ3) is 4.73. The number of amides is 4. The van der Waals surface area contributed by atoms with Crippen molar-refractivity contribution in [1.29, 1.82) is 0 Å². The van der Waals surface area contributed by atoms with Crippen molar-refractivity contribution in [2.45, 2.75) is 6.42 Å². The van der Waals surface area contributed by atoms with E-state index in [1.54, 1.807) is 36.4 Å². The van der Waals surface area contributed by atoms with Gasteiger partial charge in [-0.1, -0.05) is 51.8 Å². The number of nitrogens with one attached hydrogen (secondary N) is 1. The molecule has 0 bridgehead atoms. The molecule has 0 unspecified atom stereocenters. The molecule has 1 saturated heterocycles. The number of benzene rings is 3. The van der Waals surface area contributed by atoms with Crippen molar-refractivity contribution in [2.24, 2.45) is 0 Å². The molecule has 1 fully saturated rings. The predicted octanol–water partition coefficient (Wildman–Crippen LogP) is 5.51. The fourth-order valence-corrected chi connectivity index (χ4v) is 4.42. The lowest BCUT2D eigenvalue weighted by Gasteiger charge is -2.27. The number of carbonyl (C=O) groups is 3. The van der Waals surface area contributed by atoms with Crippen LogP contribution in [0.4, 0.5) is 14.9 Å². The molecule has 1 N–H and O–H groups in total. The average Bonchev–Trinajstić information content (AvgIpc) is 2.79. The molecule has 6 nitrogen and oxygen atoms in total. The van der Waals surface area contributed by atoms with Crippen LogP contribution in [0.25, 0.3) is 6.08 Å². The summed E-state index contributed by atoms with van der Waals surface area (Å²) in [4.78, 5) is 38.8. The maximum Gasteiger partial charge on any atom is 0.335 e. The van der Waals surface area contributed by atoms with Crippen LogP contribution in [-0.2, 0) is 16.0 Å². The van der Waals surface area contributed by atoms with E-state index in [1.165, 1.54) is 37.5 Å². The number of ether oxygens (including phenoxy) is 1. The minimum atomic E-state index is -0.885. The lowest BCUT2D eigenvalue weighted by Crippen LogP contribution is -2.54. The third-order valence-corrected chi connectivity index (χ3v) is 6.20. The molecule has 9 heteroatoms. The molecule has 172 valence electrons. The van der Waals surface area contributed by atoms with E-state index in [9.17, 15) is 18.8 Å². The number of carbonyl (C=O) groups excluding carboxylic acids is 3. The Bertz CT molecular complexity index is 1360. The Hall–Kier alpha value is -3.49.